The van der Waals surface area contributed by atoms with Gasteiger partial charge in [-0.15, -0.1) is 0 Å². The molecule has 3 rings (SSSR count). The Balaban J connectivity index is 1.64. The molecule has 1 amide bonds. The highest BCUT2D eigenvalue weighted by molar-refractivity contribution is 7.89. The van der Waals surface area contributed by atoms with Crippen LogP contribution in [0.4, 0.5) is 0 Å². The molecule has 33 heavy (non-hydrogen) atoms. The van der Waals surface area contributed by atoms with E-state index in [1.54, 1.807) is 26.0 Å². The number of hydrogen-bond acceptors (Lipinski definition) is 4. The molecule has 1 N–H and O–H groups in total. The van der Waals surface area contributed by atoms with Crippen molar-refractivity contribution in [2.45, 2.75) is 44.5 Å². The number of hydrogen-bond donors (Lipinski definition) is 1. The van der Waals surface area contributed by atoms with Gasteiger partial charge < -0.3 is 10.1 Å². The second-order valence-electron chi connectivity index (χ2n) is 8.07. The second-order valence-corrected chi connectivity index (χ2v) is 10.1. The molecule has 0 aliphatic carbocycles. The maximum absolute atomic E-state index is 12.8. The summed E-state index contributed by atoms with van der Waals surface area (Å²) in [5.41, 5.74) is 3.33. The van der Waals surface area contributed by atoms with Gasteiger partial charge in [0, 0.05) is 25.2 Å². The van der Waals surface area contributed by atoms with Gasteiger partial charge in [-0.25, -0.2) is 8.42 Å². The van der Waals surface area contributed by atoms with E-state index in [1.807, 2.05) is 54.6 Å². The molecule has 0 atom stereocenters. The molecule has 0 saturated carbocycles. The number of nitrogens with one attached hydrogen (secondary N) is 1. The van der Waals surface area contributed by atoms with Crippen molar-refractivity contribution >= 4 is 15.9 Å². The minimum atomic E-state index is -3.66. The highest BCUT2D eigenvalue weighted by atomic mass is 32.2. The average Bonchev–Trinajstić information content (AvgIpc) is 2.83. The Morgan fingerprint density at radius 3 is 2.27 bits per heavy atom. The van der Waals surface area contributed by atoms with E-state index in [2.05, 4.69) is 5.32 Å². The summed E-state index contributed by atoms with van der Waals surface area (Å²) in [7, 11) is -2.13. The van der Waals surface area contributed by atoms with Gasteiger partial charge in [0.05, 0.1) is 18.1 Å². The van der Waals surface area contributed by atoms with Crippen molar-refractivity contribution in [2.24, 2.45) is 0 Å². The molecule has 0 spiro atoms. The molecular weight excluding hydrogens is 436 g/mol. The van der Waals surface area contributed by atoms with Crippen LogP contribution in [0, 0.1) is 0 Å². The van der Waals surface area contributed by atoms with Crippen molar-refractivity contribution in [1.82, 2.24) is 9.62 Å². The van der Waals surface area contributed by atoms with Crippen LogP contribution < -0.4 is 5.32 Å². The fourth-order valence-electron chi connectivity index (χ4n) is 3.24. The maximum Gasteiger partial charge on any atom is 0.251 e. The standard InChI is InChI=1S/C26H30N2O4S/c1-20(2)28(3)33(30,31)25-15-9-14-22(16-25)26(29)27-17-23-12-7-8-13-24(23)19-32-18-21-10-5-4-6-11-21/h4-16,20H,17-19H2,1-3H3,(H,27,29). The number of ether oxygens (including phenoxy) is 1. The Morgan fingerprint density at radius 2 is 1.58 bits per heavy atom. The quantitative estimate of drug-likeness (QED) is 0.482. The molecule has 3 aromatic carbocycles. The Kier molecular flexibility index (Phi) is 8.38. The van der Waals surface area contributed by atoms with E-state index in [-0.39, 0.29) is 16.8 Å². The first-order valence-electron chi connectivity index (χ1n) is 10.8. The molecule has 0 radical (unpaired) electrons. The summed E-state index contributed by atoms with van der Waals surface area (Å²) in [6.45, 7) is 4.85. The predicted octanol–water partition coefficient (Wildman–Crippen LogP) is 4.36. The molecule has 0 aliphatic rings. The molecule has 0 aliphatic heterocycles. The van der Waals surface area contributed by atoms with E-state index < -0.39 is 10.0 Å². The van der Waals surface area contributed by atoms with E-state index in [1.165, 1.54) is 23.5 Å². The monoisotopic (exact) mass is 466 g/mol. The predicted molar refractivity (Wildman–Crippen MR) is 129 cm³/mol. The molecule has 174 valence electrons. The van der Waals surface area contributed by atoms with Gasteiger partial charge in [0.2, 0.25) is 10.0 Å². The zero-order valence-corrected chi connectivity index (χ0v) is 20.0. The molecular formula is C26H30N2O4S. The molecule has 6 nitrogen and oxygen atoms in total. The van der Waals surface area contributed by atoms with Crippen molar-refractivity contribution in [3.8, 4) is 0 Å². The highest BCUT2D eigenvalue weighted by Gasteiger charge is 2.23. The van der Waals surface area contributed by atoms with E-state index in [0.29, 0.717) is 25.3 Å². The van der Waals surface area contributed by atoms with Crippen LogP contribution in [-0.4, -0.2) is 31.7 Å². The van der Waals surface area contributed by atoms with Gasteiger partial charge in [-0.05, 0) is 48.7 Å². The molecule has 0 fully saturated rings. The molecule has 0 bridgehead atoms. The number of sulfonamides is 1. The third-order valence-corrected chi connectivity index (χ3v) is 7.46. The van der Waals surface area contributed by atoms with Crippen molar-refractivity contribution in [2.75, 3.05) is 7.05 Å². The fraction of sp³-hybridized carbons (Fsp3) is 0.269. The fourth-order valence-corrected chi connectivity index (χ4v) is 4.66. The van der Waals surface area contributed by atoms with Gasteiger partial charge in [0.25, 0.3) is 5.91 Å². The average molecular weight is 467 g/mol. The highest BCUT2D eigenvalue weighted by Crippen LogP contribution is 2.18. The van der Waals surface area contributed by atoms with Gasteiger partial charge in [0.15, 0.2) is 0 Å². The minimum absolute atomic E-state index is 0.0982. The summed E-state index contributed by atoms with van der Waals surface area (Å²) in [5.74, 6) is -0.334. The second kappa shape index (κ2) is 11.2. The lowest BCUT2D eigenvalue weighted by atomic mass is 10.1. The summed E-state index contributed by atoms with van der Waals surface area (Å²) < 4.78 is 32.6. The first kappa shape index (κ1) is 24.6. The normalized spacial score (nSPS) is 11.7. The van der Waals surface area contributed by atoms with Crippen molar-refractivity contribution in [1.29, 1.82) is 0 Å². The number of carbonyl (C=O) groups excluding carboxylic acids is 1. The lowest BCUT2D eigenvalue weighted by Crippen LogP contribution is -2.33. The van der Waals surface area contributed by atoms with Crippen LogP contribution in [-0.2, 0) is 34.5 Å². The van der Waals surface area contributed by atoms with Crippen LogP contribution in [0.3, 0.4) is 0 Å². The number of benzene rings is 3. The van der Waals surface area contributed by atoms with Crippen LogP contribution >= 0.6 is 0 Å². The van der Waals surface area contributed by atoms with E-state index in [9.17, 15) is 13.2 Å². The first-order chi connectivity index (χ1) is 15.8. The van der Waals surface area contributed by atoms with E-state index in [4.69, 9.17) is 4.74 Å². The maximum atomic E-state index is 12.8. The summed E-state index contributed by atoms with van der Waals surface area (Å²) in [4.78, 5) is 12.9. The van der Waals surface area contributed by atoms with Gasteiger partial charge in [-0.1, -0.05) is 60.7 Å². The lowest BCUT2D eigenvalue weighted by molar-refractivity contribution is 0.0947. The number of rotatable bonds is 10. The van der Waals surface area contributed by atoms with Gasteiger partial charge in [-0.2, -0.15) is 4.31 Å². The Morgan fingerprint density at radius 1 is 0.909 bits per heavy atom. The zero-order chi connectivity index (χ0) is 23.8. The van der Waals surface area contributed by atoms with Gasteiger partial charge in [0.1, 0.15) is 0 Å². The topological polar surface area (TPSA) is 75.7 Å². The molecule has 3 aromatic rings. The molecule has 0 heterocycles. The molecule has 0 aromatic heterocycles. The van der Waals surface area contributed by atoms with Crippen LogP contribution in [0.1, 0.15) is 40.9 Å². The van der Waals surface area contributed by atoms with Crippen molar-refractivity contribution in [3.05, 3.63) is 101 Å². The Bertz CT molecular complexity index is 1180. The van der Waals surface area contributed by atoms with Crippen LogP contribution in [0.15, 0.2) is 83.8 Å². The lowest BCUT2D eigenvalue weighted by Gasteiger charge is -2.21. The van der Waals surface area contributed by atoms with Crippen molar-refractivity contribution in [3.63, 3.8) is 0 Å². The summed E-state index contributed by atoms with van der Waals surface area (Å²) in [6, 6.07) is 23.6. The number of nitrogens with zero attached hydrogens (tertiary/aromatic N) is 1. The first-order valence-corrected chi connectivity index (χ1v) is 12.3. The molecule has 0 unspecified atom stereocenters. The summed E-state index contributed by atoms with van der Waals surface area (Å²) in [5, 5.41) is 2.89. The smallest absolute Gasteiger partial charge is 0.251 e. The minimum Gasteiger partial charge on any atom is -0.372 e. The number of carbonyl (C=O) groups is 1. The van der Waals surface area contributed by atoms with Crippen LogP contribution in [0.2, 0.25) is 0 Å². The van der Waals surface area contributed by atoms with E-state index in [0.717, 1.165) is 16.7 Å². The number of amides is 1. The van der Waals surface area contributed by atoms with Crippen LogP contribution in [0.5, 0.6) is 0 Å². The third kappa shape index (κ3) is 6.51. The Labute approximate surface area is 196 Å². The Hall–Kier alpha value is -3.00. The summed E-state index contributed by atoms with van der Waals surface area (Å²) in [6.07, 6.45) is 0. The van der Waals surface area contributed by atoms with Crippen LogP contribution in [0.25, 0.3) is 0 Å². The summed E-state index contributed by atoms with van der Waals surface area (Å²) >= 11 is 0. The molecule has 0 saturated heterocycles. The largest absolute Gasteiger partial charge is 0.372 e. The SMILES string of the molecule is CC(C)N(C)S(=O)(=O)c1cccc(C(=O)NCc2ccccc2COCc2ccccc2)c1. The zero-order valence-electron chi connectivity index (χ0n) is 19.2. The molecule has 7 heteroatoms. The van der Waals surface area contributed by atoms with E-state index >= 15 is 0 Å². The van der Waals surface area contributed by atoms with Gasteiger partial charge >= 0.3 is 0 Å². The third-order valence-electron chi connectivity index (χ3n) is 5.43. The van der Waals surface area contributed by atoms with Crippen molar-refractivity contribution < 1.29 is 17.9 Å². The van der Waals surface area contributed by atoms with Gasteiger partial charge in [-0.3, -0.25) is 4.79 Å².